The van der Waals surface area contributed by atoms with Gasteiger partial charge >= 0.3 is 0 Å². The second kappa shape index (κ2) is 8.68. The summed E-state index contributed by atoms with van der Waals surface area (Å²) in [6.45, 7) is 8.62. The molecule has 0 radical (unpaired) electrons. The molecule has 18 heavy (non-hydrogen) atoms. The molecule has 0 aromatic carbocycles. The van der Waals surface area contributed by atoms with E-state index in [1.165, 1.54) is 30.6 Å². The van der Waals surface area contributed by atoms with Gasteiger partial charge in [-0.15, -0.1) is 11.3 Å². The molecule has 0 aliphatic carbocycles. The van der Waals surface area contributed by atoms with Crippen LogP contribution in [0.1, 0.15) is 51.3 Å². The van der Waals surface area contributed by atoms with Crippen LogP contribution in [-0.4, -0.2) is 23.5 Å². The number of unbranched alkanes of at least 4 members (excludes halogenated alkanes) is 2. The zero-order chi connectivity index (χ0) is 13.4. The van der Waals surface area contributed by atoms with E-state index in [4.69, 9.17) is 5.73 Å². The average molecular weight is 268 g/mol. The van der Waals surface area contributed by atoms with E-state index in [2.05, 4.69) is 43.2 Å². The minimum Gasteiger partial charge on any atom is -0.329 e. The van der Waals surface area contributed by atoms with E-state index >= 15 is 0 Å². The number of hydrogen-bond donors (Lipinski definition) is 1. The molecule has 0 fully saturated rings. The van der Waals surface area contributed by atoms with Crippen molar-refractivity contribution >= 4 is 11.3 Å². The molecule has 0 saturated heterocycles. The molecule has 0 aliphatic rings. The Hall–Kier alpha value is -0.380. The highest BCUT2D eigenvalue weighted by Crippen LogP contribution is 2.19. The predicted octanol–water partition coefficient (Wildman–Crippen LogP) is 3.87. The highest BCUT2D eigenvalue weighted by Gasteiger charge is 2.20. The van der Waals surface area contributed by atoms with Gasteiger partial charge < -0.3 is 5.73 Å². The number of hydrogen-bond acceptors (Lipinski definition) is 3. The lowest BCUT2D eigenvalue weighted by atomic mass is 10.1. The lowest BCUT2D eigenvalue weighted by Gasteiger charge is -2.34. The van der Waals surface area contributed by atoms with Crippen LogP contribution in [0.3, 0.4) is 0 Å². The quantitative estimate of drug-likeness (QED) is 0.689. The standard InChI is InChI=1S/C15H28N2S/c1-4-5-6-8-14(11-16)17(13(2)3)12-15-9-7-10-18-15/h7,9-10,13-14H,4-6,8,11-12,16H2,1-3H3. The Bertz CT molecular complexity index is 295. The molecule has 0 saturated carbocycles. The second-order valence-corrected chi connectivity index (χ2v) is 6.26. The van der Waals surface area contributed by atoms with E-state index in [-0.39, 0.29) is 0 Å². The van der Waals surface area contributed by atoms with Gasteiger partial charge in [-0.2, -0.15) is 0 Å². The molecule has 1 unspecified atom stereocenters. The van der Waals surface area contributed by atoms with Gasteiger partial charge in [0, 0.05) is 30.1 Å². The van der Waals surface area contributed by atoms with E-state index in [1.807, 2.05) is 11.3 Å². The Morgan fingerprint density at radius 1 is 1.33 bits per heavy atom. The van der Waals surface area contributed by atoms with Crippen LogP contribution >= 0.6 is 11.3 Å². The minimum absolute atomic E-state index is 0.527. The first-order chi connectivity index (χ1) is 8.69. The smallest absolute Gasteiger partial charge is 0.0334 e. The van der Waals surface area contributed by atoms with E-state index in [9.17, 15) is 0 Å². The van der Waals surface area contributed by atoms with Gasteiger partial charge in [-0.05, 0) is 31.7 Å². The van der Waals surface area contributed by atoms with Crippen molar-refractivity contribution in [1.29, 1.82) is 0 Å². The summed E-state index contributed by atoms with van der Waals surface area (Å²) in [6.07, 6.45) is 5.13. The molecule has 1 atom stereocenters. The Morgan fingerprint density at radius 3 is 2.61 bits per heavy atom. The van der Waals surface area contributed by atoms with Crippen molar-refractivity contribution in [3.8, 4) is 0 Å². The Morgan fingerprint density at radius 2 is 2.11 bits per heavy atom. The van der Waals surface area contributed by atoms with E-state index < -0.39 is 0 Å². The van der Waals surface area contributed by atoms with Gasteiger partial charge in [-0.3, -0.25) is 4.90 Å². The van der Waals surface area contributed by atoms with E-state index in [1.54, 1.807) is 0 Å². The van der Waals surface area contributed by atoms with Crippen LogP contribution in [0.5, 0.6) is 0 Å². The summed E-state index contributed by atoms with van der Waals surface area (Å²) in [5.74, 6) is 0. The Kier molecular flexibility index (Phi) is 7.56. The van der Waals surface area contributed by atoms with E-state index in [0.717, 1.165) is 13.1 Å². The van der Waals surface area contributed by atoms with Gasteiger partial charge in [0.2, 0.25) is 0 Å². The summed E-state index contributed by atoms with van der Waals surface area (Å²) in [4.78, 5) is 4.00. The van der Waals surface area contributed by atoms with Gasteiger partial charge in [0.25, 0.3) is 0 Å². The number of nitrogens with zero attached hydrogens (tertiary/aromatic N) is 1. The number of thiophene rings is 1. The SMILES string of the molecule is CCCCCC(CN)N(Cc1cccs1)C(C)C. The molecule has 104 valence electrons. The molecule has 1 aromatic heterocycles. The largest absolute Gasteiger partial charge is 0.329 e. The summed E-state index contributed by atoms with van der Waals surface area (Å²) >= 11 is 1.84. The lowest BCUT2D eigenvalue weighted by Crippen LogP contribution is -2.44. The summed E-state index contributed by atoms with van der Waals surface area (Å²) in [5, 5.41) is 2.16. The van der Waals surface area contributed by atoms with Crippen molar-refractivity contribution in [3.63, 3.8) is 0 Å². The fourth-order valence-corrected chi connectivity index (χ4v) is 3.08. The van der Waals surface area contributed by atoms with Crippen molar-refractivity contribution < 1.29 is 0 Å². The molecule has 1 aromatic rings. The maximum absolute atomic E-state index is 5.98. The van der Waals surface area contributed by atoms with Gasteiger partial charge in [-0.25, -0.2) is 0 Å². The molecular weight excluding hydrogens is 240 g/mol. The normalized spacial score (nSPS) is 13.4. The minimum atomic E-state index is 0.527. The number of rotatable bonds is 9. The monoisotopic (exact) mass is 268 g/mol. The molecule has 3 heteroatoms. The molecule has 0 bridgehead atoms. The zero-order valence-corrected chi connectivity index (χ0v) is 12.9. The topological polar surface area (TPSA) is 29.3 Å². The van der Waals surface area contributed by atoms with Crippen LogP contribution in [0, 0.1) is 0 Å². The Balaban J connectivity index is 2.57. The average Bonchev–Trinajstić information content (AvgIpc) is 2.85. The van der Waals surface area contributed by atoms with Crippen LogP contribution < -0.4 is 5.73 Å². The highest BCUT2D eigenvalue weighted by molar-refractivity contribution is 7.09. The van der Waals surface area contributed by atoms with Crippen molar-refractivity contribution in [2.24, 2.45) is 5.73 Å². The summed E-state index contributed by atoms with van der Waals surface area (Å²) in [7, 11) is 0. The van der Waals surface area contributed by atoms with Crippen LogP contribution in [0.2, 0.25) is 0 Å². The van der Waals surface area contributed by atoms with Gasteiger partial charge in [-0.1, -0.05) is 32.3 Å². The number of nitrogens with two attached hydrogens (primary N) is 1. The van der Waals surface area contributed by atoms with Crippen LogP contribution in [0.15, 0.2) is 17.5 Å². The van der Waals surface area contributed by atoms with Crippen LogP contribution in [0.25, 0.3) is 0 Å². The molecule has 1 rings (SSSR count). The molecule has 0 spiro atoms. The van der Waals surface area contributed by atoms with Crippen molar-refractivity contribution in [2.45, 2.75) is 65.1 Å². The third kappa shape index (κ3) is 5.09. The van der Waals surface area contributed by atoms with Crippen LogP contribution in [-0.2, 0) is 6.54 Å². The summed E-state index contributed by atoms with van der Waals surface area (Å²) in [5.41, 5.74) is 5.98. The molecule has 2 N–H and O–H groups in total. The first-order valence-electron chi connectivity index (χ1n) is 7.17. The van der Waals surface area contributed by atoms with Gasteiger partial charge in [0.05, 0.1) is 0 Å². The third-order valence-electron chi connectivity index (χ3n) is 3.46. The second-order valence-electron chi connectivity index (χ2n) is 5.23. The first-order valence-corrected chi connectivity index (χ1v) is 8.05. The molecule has 2 nitrogen and oxygen atoms in total. The Labute approximate surface area is 116 Å². The summed E-state index contributed by atoms with van der Waals surface area (Å²) in [6, 6.07) is 5.44. The van der Waals surface area contributed by atoms with Crippen LogP contribution in [0.4, 0.5) is 0 Å². The first kappa shape index (κ1) is 15.7. The van der Waals surface area contributed by atoms with Gasteiger partial charge in [0.1, 0.15) is 0 Å². The van der Waals surface area contributed by atoms with E-state index in [0.29, 0.717) is 12.1 Å². The fraction of sp³-hybridized carbons (Fsp3) is 0.733. The maximum Gasteiger partial charge on any atom is 0.0334 e. The maximum atomic E-state index is 5.98. The zero-order valence-electron chi connectivity index (χ0n) is 12.1. The lowest BCUT2D eigenvalue weighted by molar-refractivity contribution is 0.139. The van der Waals surface area contributed by atoms with Crippen molar-refractivity contribution in [3.05, 3.63) is 22.4 Å². The van der Waals surface area contributed by atoms with Crippen molar-refractivity contribution in [2.75, 3.05) is 6.54 Å². The third-order valence-corrected chi connectivity index (χ3v) is 4.32. The molecule has 0 aliphatic heterocycles. The summed E-state index contributed by atoms with van der Waals surface area (Å²) < 4.78 is 0. The molecule has 1 heterocycles. The highest BCUT2D eigenvalue weighted by atomic mass is 32.1. The van der Waals surface area contributed by atoms with Crippen molar-refractivity contribution in [1.82, 2.24) is 4.90 Å². The molecule has 0 amide bonds. The molecular formula is C15H28N2S. The predicted molar refractivity (Wildman–Crippen MR) is 82.0 cm³/mol. The van der Waals surface area contributed by atoms with Gasteiger partial charge in [0.15, 0.2) is 0 Å². The fourth-order valence-electron chi connectivity index (χ4n) is 2.36.